The molecule has 0 bridgehead atoms. The van der Waals surface area contributed by atoms with Crippen LogP contribution in [0.5, 0.6) is 0 Å². The molecule has 27 heavy (non-hydrogen) atoms. The summed E-state index contributed by atoms with van der Waals surface area (Å²) >= 11 is 0. The molecule has 0 radical (unpaired) electrons. The standard InChI is InChI=1S/C19H25N3O4S/c1-15-5-3-9-22(13-15)14-19(23)21-16-6-2-8-18(11-16)27(24,25)20-12-17-7-4-10-26-17/h2,4,6-8,10-11,15,20H,3,5,9,12-14H2,1H3,(H,21,23)/p+1/t15-/m0/s1. The number of anilines is 1. The lowest BCUT2D eigenvalue weighted by molar-refractivity contribution is -0.900. The lowest BCUT2D eigenvalue weighted by Crippen LogP contribution is -3.14. The minimum absolute atomic E-state index is 0.0718. The molecule has 1 amide bonds. The third-order valence-corrected chi connectivity index (χ3v) is 6.12. The van der Waals surface area contributed by atoms with Crippen LogP contribution in [0.1, 0.15) is 25.5 Å². The number of carbonyl (C=O) groups excluding carboxylic acids is 1. The molecule has 7 nitrogen and oxygen atoms in total. The van der Waals surface area contributed by atoms with Gasteiger partial charge in [0.1, 0.15) is 5.76 Å². The number of rotatable bonds is 7. The van der Waals surface area contributed by atoms with Gasteiger partial charge in [0.15, 0.2) is 6.54 Å². The highest BCUT2D eigenvalue weighted by atomic mass is 32.2. The van der Waals surface area contributed by atoms with Gasteiger partial charge in [0.05, 0.1) is 30.8 Å². The number of sulfonamides is 1. The molecule has 1 saturated heterocycles. The van der Waals surface area contributed by atoms with Crippen molar-refractivity contribution >= 4 is 21.6 Å². The maximum absolute atomic E-state index is 12.4. The average Bonchev–Trinajstić information content (AvgIpc) is 3.14. The van der Waals surface area contributed by atoms with Crippen LogP contribution in [-0.2, 0) is 21.4 Å². The van der Waals surface area contributed by atoms with Gasteiger partial charge in [-0.3, -0.25) is 4.79 Å². The van der Waals surface area contributed by atoms with E-state index in [4.69, 9.17) is 4.42 Å². The third-order valence-electron chi connectivity index (χ3n) is 4.72. The zero-order chi connectivity index (χ0) is 19.3. The van der Waals surface area contributed by atoms with Gasteiger partial charge in [-0.05, 0) is 43.2 Å². The van der Waals surface area contributed by atoms with Crippen LogP contribution in [0.2, 0.25) is 0 Å². The molecule has 2 aromatic rings. The van der Waals surface area contributed by atoms with Crippen LogP contribution in [0.25, 0.3) is 0 Å². The Morgan fingerprint density at radius 1 is 1.30 bits per heavy atom. The van der Waals surface area contributed by atoms with Gasteiger partial charge in [-0.1, -0.05) is 13.0 Å². The first-order valence-electron chi connectivity index (χ1n) is 9.18. The first kappa shape index (κ1) is 19.6. The third kappa shape index (κ3) is 5.66. The fourth-order valence-corrected chi connectivity index (χ4v) is 4.43. The second kappa shape index (κ2) is 8.69. The Hall–Kier alpha value is -2.16. The molecular formula is C19H26N3O4S+. The SMILES string of the molecule is C[C@H]1CCC[NH+](CC(=O)Nc2cccc(S(=O)(=O)NCc3ccco3)c2)C1. The van der Waals surface area contributed by atoms with E-state index in [2.05, 4.69) is 17.0 Å². The summed E-state index contributed by atoms with van der Waals surface area (Å²) in [4.78, 5) is 13.7. The average molecular weight is 393 g/mol. The Bertz CT molecular complexity index is 865. The number of carbonyl (C=O) groups is 1. The van der Waals surface area contributed by atoms with Crippen molar-refractivity contribution in [2.24, 2.45) is 5.92 Å². The second-order valence-corrected chi connectivity index (χ2v) is 8.88. The van der Waals surface area contributed by atoms with E-state index in [1.54, 1.807) is 24.3 Å². The summed E-state index contributed by atoms with van der Waals surface area (Å²) in [6.45, 7) is 4.68. The molecule has 2 atom stereocenters. The highest BCUT2D eigenvalue weighted by Crippen LogP contribution is 2.16. The van der Waals surface area contributed by atoms with Crippen LogP contribution in [0.3, 0.4) is 0 Å². The number of amides is 1. The Kier molecular flexibility index (Phi) is 6.30. The number of piperidine rings is 1. The smallest absolute Gasteiger partial charge is 0.279 e. The van der Waals surface area contributed by atoms with Crippen LogP contribution in [0.15, 0.2) is 52.0 Å². The molecule has 1 aliphatic rings. The summed E-state index contributed by atoms with van der Waals surface area (Å²) in [6.07, 6.45) is 3.85. The first-order chi connectivity index (χ1) is 12.9. The molecule has 3 rings (SSSR count). The summed E-state index contributed by atoms with van der Waals surface area (Å²) in [6, 6.07) is 9.67. The first-order valence-corrected chi connectivity index (χ1v) is 10.7. The number of hydrogen-bond acceptors (Lipinski definition) is 4. The van der Waals surface area contributed by atoms with Crippen molar-refractivity contribution < 1.29 is 22.5 Å². The molecule has 1 aromatic heterocycles. The largest absolute Gasteiger partial charge is 0.468 e. The Morgan fingerprint density at radius 3 is 2.89 bits per heavy atom. The topological polar surface area (TPSA) is 92.9 Å². The number of benzene rings is 1. The van der Waals surface area contributed by atoms with Gasteiger partial charge in [0, 0.05) is 11.6 Å². The number of hydrogen-bond donors (Lipinski definition) is 3. The highest BCUT2D eigenvalue weighted by Gasteiger charge is 2.22. The molecule has 3 N–H and O–H groups in total. The monoisotopic (exact) mass is 392 g/mol. The zero-order valence-electron chi connectivity index (χ0n) is 15.4. The summed E-state index contributed by atoms with van der Waals surface area (Å²) < 4.78 is 32.5. The van der Waals surface area contributed by atoms with Crippen molar-refractivity contribution in [1.82, 2.24) is 4.72 Å². The van der Waals surface area contributed by atoms with E-state index in [1.807, 2.05) is 0 Å². The van der Waals surface area contributed by atoms with Gasteiger partial charge in [-0.25, -0.2) is 13.1 Å². The summed E-state index contributed by atoms with van der Waals surface area (Å²) in [5.41, 5.74) is 0.477. The van der Waals surface area contributed by atoms with Gasteiger partial charge in [-0.2, -0.15) is 0 Å². The fraction of sp³-hybridized carbons (Fsp3) is 0.421. The Labute approximate surface area is 159 Å². The van der Waals surface area contributed by atoms with Crippen molar-refractivity contribution in [3.05, 3.63) is 48.4 Å². The van der Waals surface area contributed by atoms with Crippen LogP contribution >= 0.6 is 0 Å². The molecule has 0 spiro atoms. The summed E-state index contributed by atoms with van der Waals surface area (Å²) in [5.74, 6) is 1.06. The summed E-state index contributed by atoms with van der Waals surface area (Å²) in [5, 5.41) is 2.82. The van der Waals surface area contributed by atoms with E-state index in [0.29, 0.717) is 23.9 Å². The minimum Gasteiger partial charge on any atom is -0.468 e. The van der Waals surface area contributed by atoms with Crippen molar-refractivity contribution in [2.75, 3.05) is 25.0 Å². The number of likely N-dealkylation sites (tertiary alicyclic amines) is 1. The van der Waals surface area contributed by atoms with Crippen LogP contribution in [0, 0.1) is 5.92 Å². The second-order valence-electron chi connectivity index (χ2n) is 7.11. The molecule has 8 heteroatoms. The van der Waals surface area contributed by atoms with Crippen LogP contribution < -0.4 is 14.9 Å². The number of furan rings is 1. The van der Waals surface area contributed by atoms with Gasteiger partial charge >= 0.3 is 0 Å². The molecule has 1 fully saturated rings. The molecule has 146 valence electrons. The lowest BCUT2D eigenvalue weighted by Gasteiger charge is -2.27. The molecule has 1 aromatic carbocycles. The van der Waals surface area contributed by atoms with Crippen molar-refractivity contribution in [1.29, 1.82) is 0 Å². The van der Waals surface area contributed by atoms with E-state index < -0.39 is 10.0 Å². The molecule has 1 unspecified atom stereocenters. The van der Waals surface area contributed by atoms with Crippen molar-refractivity contribution in [3.8, 4) is 0 Å². The number of nitrogens with one attached hydrogen (secondary N) is 3. The van der Waals surface area contributed by atoms with Gasteiger partial charge in [0.25, 0.3) is 5.91 Å². The van der Waals surface area contributed by atoms with Gasteiger partial charge < -0.3 is 14.6 Å². The highest BCUT2D eigenvalue weighted by molar-refractivity contribution is 7.89. The Balaban J connectivity index is 1.59. The molecule has 0 aliphatic carbocycles. The predicted molar refractivity (Wildman–Crippen MR) is 102 cm³/mol. The van der Waals surface area contributed by atoms with E-state index >= 15 is 0 Å². The van der Waals surface area contributed by atoms with Crippen molar-refractivity contribution in [2.45, 2.75) is 31.2 Å². The van der Waals surface area contributed by atoms with Gasteiger partial charge in [0.2, 0.25) is 10.0 Å². The normalized spacial score (nSPS) is 20.3. The van der Waals surface area contributed by atoms with Crippen molar-refractivity contribution in [3.63, 3.8) is 0 Å². The van der Waals surface area contributed by atoms with E-state index in [1.165, 1.54) is 29.7 Å². The molecule has 0 saturated carbocycles. The quantitative estimate of drug-likeness (QED) is 0.656. The van der Waals surface area contributed by atoms with E-state index in [0.717, 1.165) is 19.5 Å². The van der Waals surface area contributed by atoms with E-state index in [9.17, 15) is 13.2 Å². The predicted octanol–water partition coefficient (Wildman–Crippen LogP) is 1.01. The minimum atomic E-state index is -3.70. The lowest BCUT2D eigenvalue weighted by atomic mass is 10.0. The number of quaternary nitrogens is 1. The Morgan fingerprint density at radius 2 is 2.15 bits per heavy atom. The maximum Gasteiger partial charge on any atom is 0.279 e. The van der Waals surface area contributed by atoms with Crippen LogP contribution in [-0.4, -0.2) is 34.0 Å². The molecule has 2 heterocycles. The van der Waals surface area contributed by atoms with Crippen LogP contribution in [0.4, 0.5) is 5.69 Å². The fourth-order valence-electron chi connectivity index (χ4n) is 3.39. The maximum atomic E-state index is 12.4. The van der Waals surface area contributed by atoms with Gasteiger partial charge in [-0.15, -0.1) is 0 Å². The summed E-state index contributed by atoms with van der Waals surface area (Å²) in [7, 11) is -3.70. The van der Waals surface area contributed by atoms with E-state index in [-0.39, 0.29) is 17.3 Å². The zero-order valence-corrected chi connectivity index (χ0v) is 16.2. The molecule has 1 aliphatic heterocycles. The molecular weight excluding hydrogens is 366 g/mol.